The molecule has 0 aliphatic carbocycles. The van der Waals surface area contributed by atoms with E-state index in [0.29, 0.717) is 19.8 Å². The Kier molecular flexibility index (Phi) is 11.8. The first-order chi connectivity index (χ1) is 20.7. The minimum atomic E-state index is -0.0666. The van der Waals surface area contributed by atoms with Gasteiger partial charge in [0.25, 0.3) is 0 Å². The summed E-state index contributed by atoms with van der Waals surface area (Å²) in [5, 5.41) is 3.54. The first-order valence-electron chi connectivity index (χ1n) is 15.1. The van der Waals surface area contributed by atoms with Gasteiger partial charge in [-0.05, 0) is 41.8 Å². The van der Waals surface area contributed by atoms with Gasteiger partial charge in [-0.2, -0.15) is 0 Å². The maximum absolute atomic E-state index is 6.65. The van der Waals surface area contributed by atoms with Gasteiger partial charge in [0, 0.05) is 52.4 Å². The van der Waals surface area contributed by atoms with E-state index in [9.17, 15) is 0 Å². The molecule has 42 heavy (non-hydrogen) atoms. The normalized spacial score (nSPS) is 22.5. The fourth-order valence-electron chi connectivity index (χ4n) is 5.81. The van der Waals surface area contributed by atoms with Crippen LogP contribution in [0.1, 0.15) is 23.5 Å². The largest absolute Gasteiger partial charge is 0.497 e. The maximum Gasteiger partial charge on any atom is 0.142 e. The van der Waals surface area contributed by atoms with Crippen molar-refractivity contribution in [3.05, 3.63) is 53.6 Å². The van der Waals surface area contributed by atoms with Crippen molar-refractivity contribution in [3.63, 3.8) is 0 Å². The first kappa shape index (κ1) is 30.6. The third-order valence-electron chi connectivity index (χ3n) is 8.12. The zero-order chi connectivity index (χ0) is 29.0. The van der Waals surface area contributed by atoms with Crippen LogP contribution in [0.15, 0.2) is 42.5 Å². The zero-order valence-electron chi connectivity index (χ0n) is 25.0. The number of morpholine rings is 1. The molecule has 2 aromatic rings. The van der Waals surface area contributed by atoms with Crippen molar-refractivity contribution in [1.82, 2.24) is 10.2 Å². The van der Waals surface area contributed by atoms with E-state index in [0.717, 1.165) is 94.8 Å². The van der Waals surface area contributed by atoms with Crippen molar-refractivity contribution >= 4 is 5.69 Å². The van der Waals surface area contributed by atoms with Crippen LogP contribution >= 0.6 is 0 Å². The number of nitrogens with one attached hydrogen (secondary N) is 1. The second-order valence-corrected chi connectivity index (χ2v) is 10.9. The van der Waals surface area contributed by atoms with E-state index in [1.807, 2.05) is 12.1 Å². The minimum absolute atomic E-state index is 0.0599. The Labute approximate surface area is 250 Å². The number of rotatable bonds is 12. The van der Waals surface area contributed by atoms with Gasteiger partial charge in [-0.1, -0.05) is 30.0 Å². The zero-order valence-corrected chi connectivity index (χ0v) is 25.0. The Bertz CT molecular complexity index is 1160. The second-order valence-electron chi connectivity index (χ2n) is 10.9. The second kappa shape index (κ2) is 16.1. The Morgan fingerprint density at radius 1 is 0.929 bits per heavy atom. The number of hydrogen-bond acceptors (Lipinski definition) is 9. The van der Waals surface area contributed by atoms with Gasteiger partial charge in [-0.25, -0.2) is 0 Å². The summed E-state index contributed by atoms with van der Waals surface area (Å²) >= 11 is 0. The average Bonchev–Trinajstić information content (AvgIpc) is 3.04. The molecule has 2 aromatic carbocycles. The third-order valence-corrected chi connectivity index (χ3v) is 8.12. The summed E-state index contributed by atoms with van der Waals surface area (Å²) in [6.07, 6.45) is 0.846. The number of fused-ring (bicyclic) bond motifs is 1. The highest BCUT2D eigenvalue weighted by Crippen LogP contribution is 2.35. The van der Waals surface area contributed by atoms with Gasteiger partial charge in [0.2, 0.25) is 0 Å². The molecule has 0 radical (unpaired) electrons. The lowest BCUT2D eigenvalue weighted by molar-refractivity contribution is -0.0529. The molecule has 9 heteroatoms. The highest BCUT2D eigenvalue weighted by Gasteiger charge is 2.36. The summed E-state index contributed by atoms with van der Waals surface area (Å²) < 4.78 is 35.1. The van der Waals surface area contributed by atoms with Crippen LogP contribution in [-0.4, -0.2) is 110 Å². The lowest BCUT2D eigenvalue weighted by Crippen LogP contribution is -2.50. The molecule has 0 bridgehead atoms. The Balaban J connectivity index is 1.25. The molecule has 0 spiro atoms. The Hall–Kier alpha value is -2.84. The molecule has 0 saturated carbocycles. The average molecular weight is 580 g/mol. The Morgan fingerprint density at radius 3 is 2.52 bits per heavy atom. The van der Waals surface area contributed by atoms with E-state index in [4.69, 9.17) is 28.4 Å². The van der Waals surface area contributed by atoms with Gasteiger partial charge in [0.05, 0.1) is 57.9 Å². The summed E-state index contributed by atoms with van der Waals surface area (Å²) in [6.45, 7) is 9.83. The molecule has 2 fully saturated rings. The quantitative estimate of drug-likeness (QED) is 0.302. The number of nitrogens with zero attached hydrogens (tertiary/aromatic N) is 2. The van der Waals surface area contributed by atoms with Crippen LogP contribution < -0.4 is 19.7 Å². The molecule has 2 saturated heterocycles. The molecule has 0 aromatic heterocycles. The molecule has 228 valence electrons. The van der Waals surface area contributed by atoms with Crippen LogP contribution in [0.25, 0.3) is 0 Å². The van der Waals surface area contributed by atoms with Crippen molar-refractivity contribution < 1.29 is 28.4 Å². The summed E-state index contributed by atoms with van der Waals surface area (Å²) in [6, 6.07) is 14.6. The van der Waals surface area contributed by atoms with Crippen molar-refractivity contribution in [2.24, 2.45) is 0 Å². The smallest absolute Gasteiger partial charge is 0.142 e. The van der Waals surface area contributed by atoms with E-state index in [2.05, 4.69) is 57.3 Å². The number of methoxy groups -OCH3 is 2. The summed E-state index contributed by atoms with van der Waals surface area (Å²) in [5.74, 6) is 8.33. The van der Waals surface area contributed by atoms with Gasteiger partial charge >= 0.3 is 0 Å². The number of ether oxygens (including phenoxy) is 6. The highest BCUT2D eigenvalue weighted by molar-refractivity contribution is 5.61. The molecule has 3 aliphatic heterocycles. The molecule has 2 unspecified atom stereocenters. The van der Waals surface area contributed by atoms with E-state index in [1.54, 1.807) is 14.2 Å². The van der Waals surface area contributed by atoms with Gasteiger partial charge < -0.3 is 38.6 Å². The van der Waals surface area contributed by atoms with Crippen LogP contribution in [0, 0.1) is 11.8 Å². The van der Waals surface area contributed by atoms with Crippen LogP contribution in [0.2, 0.25) is 0 Å². The van der Waals surface area contributed by atoms with Crippen molar-refractivity contribution in [2.45, 2.75) is 31.2 Å². The molecule has 9 nitrogen and oxygen atoms in total. The predicted octanol–water partition coefficient (Wildman–Crippen LogP) is 2.92. The molecule has 0 amide bonds. The molecule has 1 N–H and O–H groups in total. The molecule has 3 atom stereocenters. The molecular formula is C33H45N3O6. The van der Waals surface area contributed by atoms with E-state index in [-0.39, 0.29) is 18.1 Å². The first-order valence-corrected chi connectivity index (χ1v) is 15.1. The van der Waals surface area contributed by atoms with E-state index >= 15 is 0 Å². The number of benzene rings is 2. The Morgan fingerprint density at radius 2 is 1.74 bits per heavy atom. The predicted molar refractivity (Wildman–Crippen MR) is 163 cm³/mol. The fourth-order valence-corrected chi connectivity index (χ4v) is 5.81. The summed E-state index contributed by atoms with van der Waals surface area (Å²) in [5.41, 5.74) is 3.43. The van der Waals surface area contributed by atoms with Crippen LogP contribution in [0.3, 0.4) is 0 Å². The highest BCUT2D eigenvalue weighted by atomic mass is 16.5. The molecule has 3 aliphatic rings. The summed E-state index contributed by atoms with van der Waals surface area (Å²) in [4.78, 5) is 4.70. The molecule has 5 rings (SSSR count). The van der Waals surface area contributed by atoms with E-state index in [1.165, 1.54) is 5.56 Å². The lowest BCUT2D eigenvalue weighted by Gasteiger charge is -2.38. The standard InChI is InChI=1S/C33H45N3O6/c1-37-17-5-13-36-16-21-41-30-11-6-26(22-29(30)36)25-42-32-24-34-23-31(33(32)27-7-9-28(38-2)10-8-27)40-18-4-3-12-35-14-19-39-20-15-35/h6-11,22,31-34H,5,12-21,23-25H2,1-2H3/t31-,32?,33?/m1/s1. The topological polar surface area (TPSA) is 73.9 Å². The minimum Gasteiger partial charge on any atom is -0.497 e. The van der Waals surface area contributed by atoms with Gasteiger partial charge in [-0.3, -0.25) is 4.90 Å². The molecule has 3 heterocycles. The van der Waals surface area contributed by atoms with Crippen LogP contribution in [0.4, 0.5) is 5.69 Å². The number of anilines is 1. The van der Waals surface area contributed by atoms with Crippen molar-refractivity contribution in [3.8, 4) is 23.3 Å². The number of piperidine rings is 1. The SMILES string of the molecule is COCCCN1CCOc2ccc(COC3CNC[C@@H](OCC#CCN4CCOCC4)C3c3ccc(OC)cc3)cc21. The van der Waals surface area contributed by atoms with Gasteiger partial charge in [0.1, 0.15) is 24.7 Å². The summed E-state index contributed by atoms with van der Waals surface area (Å²) in [7, 11) is 3.44. The van der Waals surface area contributed by atoms with Crippen LogP contribution in [0.5, 0.6) is 11.5 Å². The van der Waals surface area contributed by atoms with Gasteiger partial charge in [-0.15, -0.1) is 0 Å². The van der Waals surface area contributed by atoms with Gasteiger partial charge in [0.15, 0.2) is 0 Å². The maximum atomic E-state index is 6.65. The van der Waals surface area contributed by atoms with Crippen molar-refractivity contribution in [2.75, 3.05) is 98.0 Å². The monoisotopic (exact) mass is 579 g/mol. The third kappa shape index (κ3) is 8.38. The number of hydrogen-bond donors (Lipinski definition) is 1. The van der Waals surface area contributed by atoms with Crippen molar-refractivity contribution in [1.29, 1.82) is 0 Å². The molecular weight excluding hydrogens is 534 g/mol. The lowest BCUT2D eigenvalue weighted by atomic mass is 9.85. The van der Waals surface area contributed by atoms with E-state index < -0.39 is 0 Å². The van der Waals surface area contributed by atoms with Crippen LogP contribution in [-0.2, 0) is 25.6 Å². The fraction of sp³-hybridized carbons (Fsp3) is 0.576.